The molecule has 2 heterocycles. The number of carboxylic acid groups (broad SMARTS) is 1. The lowest BCUT2D eigenvalue weighted by Crippen LogP contribution is -2.34. The van der Waals surface area contributed by atoms with Crippen molar-refractivity contribution in [2.45, 2.75) is 44.9 Å². The smallest absolute Gasteiger partial charge is 0.303 e. The molecule has 1 saturated heterocycles. The SMILES string of the molecule is O=C(O)CCCCC1CCN(CCC=C2c3ccccc3OCOc3ccccc32)CC1. The summed E-state index contributed by atoms with van der Waals surface area (Å²) in [5.74, 6) is 1.78. The molecule has 2 aliphatic heterocycles. The van der Waals surface area contributed by atoms with Crippen molar-refractivity contribution in [1.29, 1.82) is 0 Å². The van der Waals surface area contributed by atoms with Gasteiger partial charge in [-0.05, 0) is 62.4 Å². The van der Waals surface area contributed by atoms with E-state index in [0.29, 0.717) is 6.42 Å². The second-order valence-electron chi connectivity index (χ2n) is 8.73. The van der Waals surface area contributed by atoms with E-state index in [1.807, 2.05) is 24.3 Å². The number of fused-ring (bicyclic) bond motifs is 2. The first-order chi connectivity index (χ1) is 15.7. The highest BCUT2D eigenvalue weighted by atomic mass is 16.7. The van der Waals surface area contributed by atoms with E-state index in [9.17, 15) is 4.79 Å². The molecule has 0 unspecified atom stereocenters. The Morgan fingerprint density at radius 1 is 0.969 bits per heavy atom. The summed E-state index contributed by atoms with van der Waals surface area (Å²) in [5, 5.41) is 8.77. The lowest BCUT2D eigenvalue weighted by atomic mass is 9.91. The van der Waals surface area contributed by atoms with Crippen molar-refractivity contribution in [2.75, 3.05) is 26.4 Å². The van der Waals surface area contributed by atoms with Gasteiger partial charge in [0.2, 0.25) is 6.79 Å². The van der Waals surface area contributed by atoms with E-state index in [0.717, 1.165) is 67.4 Å². The third kappa shape index (κ3) is 5.92. The molecule has 32 heavy (non-hydrogen) atoms. The number of piperidine rings is 1. The molecule has 5 nitrogen and oxygen atoms in total. The van der Waals surface area contributed by atoms with E-state index < -0.39 is 5.97 Å². The summed E-state index contributed by atoms with van der Waals surface area (Å²) >= 11 is 0. The minimum absolute atomic E-state index is 0.215. The summed E-state index contributed by atoms with van der Waals surface area (Å²) in [6.45, 7) is 3.52. The van der Waals surface area contributed by atoms with Crippen molar-refractivity contribution in [1.82, 2.24) is 4.90 Å². The first-order valence-electron chi connectivity index (χ1n) is 11.8. The zero-order valence-electron chi connectivity index (χ0n) is 18.7. The third-order valence-electron chi connectivity index (χ3n) is 6.54. The fraction of sp³-hybridized carbons (Fsp3) is 0.444. The largest absolute Gasteiger partial charge is 0.481 e. The first kappa shape index (κ1) is 22.4. The molecule has 0 bridgehead atoms. The number of nitrogens with zero attached hydrogens (tertiary/aromatic N) is 1. The normalized spacial score (nSPS) is 16.7. The summed E-state index contributed by atoms with van der Waals surface area (Å²) < 4.78 is 11.7. The number of carbonyl (C=O) groups is 1. The zero-order chi connectivity index (χ0) is 22.2. The molecule has 0 saturated carbocycles. The topological polar surface area (TPSA) is 59.0 Å². The zero-order valence-corrected chi connectivity index (χ0v) is 18.7. The van der Waals surface area contributed by atoms with Crippen molar-refractivity contribution in [3.8, 4) is 11.5 Å². The number of ether oxygens (including phenoxy) is 2. The Labute approximate surface area is 190 Å². The van der Waals surface area contributed by atoms with E-state index in [1.165, 1.54) is 24.8 Å². The number of carboxylic acids is 1. The molecule has 2 aromatic rings. The maximum Gasteiger partial charge on any atom is 0.303 e. The highest BCUT2D eigenvalue weighted by molar-refractivity contribution is 5.85. The monoisotopic (exact) mass is 435 g/mol. The van der Waals surface area contributed by atoms with Gasteiger partial charge in [-0.3, -0.25) is 4.79 Å². The van der Waals surface area contributed by atoms with Crippen molar-refractivity contribution < 1.29 is 19.4 Å². The Kier molecular flexibility index (Phi) is 7.83. The van der Waals surface area contributed by atoms with Gasteiger partial charge in [-0.15, -0.1) is 0 Å². The van der Waals surface area contributed by atoms with E-state index in [-0.39, 0.29) is 6.79 Å². The maximum atomic E-state index is 10.7. The Balaban J connectivity index is 1.35. The van der Waals surface area contributed by atoms with Crippen LogP contribution in [-0.2, 0) is 4.79 Å². The van der Waals surface area contributed by atoms with Gasteiger partial charge in [0.05, 0.1) is 0 Å². The van der Waals surface area contributed by atoms with Crippen LogP contribution in [0.4, 0.5) is 0 Å². The van der Waals surface area contributed by atoms with E-state index in [4.69, 9.17) is 14.6 Å². The summed E-state index contributed by atoms with van der Waals surface area (Å²) in [6, 6.07) is 16.4. The summed E-state index contributed by atoms with van der Waals surface area (Å²) in [7, 11) is 0. The Morgan fingerprint density at radius 2 is 1.59 bits per heavy atom. The molecule has 170 valence electrons. The summed E-state index contributed by atoms with van der Waals surface area (Å²) in [5.41, 5.74) is 3.40. The van der Waals surface area contributed by atoms with Crippen molar-refractivity contribution in [3.05, 3.63) is 65.7 Å². The van der Waals surface area contributed by atoms with Crippen LogP contribution >= 0.6 is 0 Å². The molecule has 0 radical (unpaired) electrons. The van der Waals surface area contributed by atoms with Crippen molar-refractivity contribution in [2.24, 2.45) is 5.92 Å². The van der Waals surface area contributed by atoms with Crippen LogP contribution in [0.2, 0.25) is 0 Å². The van der Waals surface area contributed by atoms with Crippen molar-refractivity contribution in [3.63, 3.8) is 0 Å². The van der Waals surface area contributed by atoms with Crippen LogP contribution in [0.3, 0.4) is 0 Å². The average Bonchev–Trinajstić information content (AvgIpc) is 2.80. The maximum absolute atomic E-state index is 10.7. The van der Waals surface area contributed by atoms with Crippen LogP contribution in [0.1, 0.15) is 56.1 Å². The summed E-state index contributed by atoms with van der Waals surface area (Å²) in [4.78, 5) is 13.2. The van der Waals surface area contributed by atoms with Gasteiger partial charge in [-0.1, -0.05) is 55.3 Å². The van der Waals surface area contributed by atoms with Crippen LogP contribution < -0.4 is 9.47 Å². The Hall–Kier alpha value is -2.79. The summed E-state index contributed by atoms with van der Waals surface area (Å²) in [6.07, 6.45) is 9.04. The first-order valence-corrected chi connectivity index (χ1v) is 11.8. The predicted molar refractivity (Wildman–Crippen MR) is 126 cm³/mol. The number of benzene rings is 2. The second-order valence-corrected chi connectivity index (χ2v) is 8.73. The van der Waals surface area contributed by atoms with Gasteiger partial charge in [-0.25, -0.2) is 0 Å². The molecule has 1 N–H and O–H groups in total. The number of hydrogen-bond acceptors (Lipinski definition) is 4. The fourth-order valence-corrected chi connectivity index (χ4v) is 4.75. The molecule has 0 spiro atoms. The highest BCUT2D eigenvalue weighted by Crippen LogP contribution is 2.37. The molecule has 2 aromatic carbocycles. The lowest BCUT2D eigenvalue weighted by molar-refractivity contribution is -0.137. The number of aliphatic carboxylic acids is 1. The lowest BCUT2D eigenvalue weighted by Gasteiger charge is -2.31. The van der Waals surface area contributed by atoms with Gasteiger partial charge in [0.15, 0.2) is 0 Å². The van der Waals surface area contributed by atoms with Crippen LogP contribution in [0.5, 0.6) is 11.5 Å². The molecule has 5 heteroatoms. The molecular formula is C27H33NO4. The van der Waals surface area contributed by atoms with Gasteiger partial charge in [0, 0.05) is 24.1 Å². The molecule has 0 aliphatic carbocycles. The number of unbranched alkanes of at least 4 members (excludes halogenated alkanes) is 1. The van der Waals surface area contributed by atoms with E-state index in [2.05, 4.69) is 35.2 Å². The quantitative estimate of drug-likeness (QED) is 0.548. The number of likely N-dealkylation sites (tertiary alicyclic amines) is 1. The van der Waals surface area contributed by atoms with Gasteiger partial charge in [0.25, 0.3) is 0 Å². The minimum atomic E-state index is -0.679. The Bertz CT molecular complexity index is 881. The minimum Gasteiger partial charge on any atom is -0.481 e. The van der Waals surface area contributed by atoms with Gasteiger partial charge >= 0.3 is 5.97 Å². The van der Waals surface area contributed by atoms with Crippen molar-refractivity contribution >= 4 is 11.5 Å². The van der Waals surface area contributed by atoms with Crippen LogP contribution in [0, 0.1) is 5.92 Å². The van der Waals surface area contributed by atoms with Gasteiger partial charge < -0.3 is 19.5 Å². The number of para-hydroxylation sites is 2. The number of hydrogen-bond donors (Lipinski definition) is 1. The molecule has 0 aromatic heterocycles. The van der Waals surface area contributed by atoms with Gasteiger partial charge in [0.1, 0.15) is 11.5 Å². The number of rotatable bonds is 8. The molecule has 0 amide bonds. The van der Waals surface area contributed by atoms with Gasteiger partial charge in [-0.2, -0.15) is 0 Å². The van der Waals surface area contributed by atoms with Crippen LogP contribution in [0.15, 0.2) is 54.6 Å². The second kappa shape index (κ2) is 11.2. The Morgan fingerprint density at radius 3 is 2.22 bits per heavy atom. The molecule has 2 aliphatic rings. The highest BCUT2D eigenvalue weighted by Gasteiger charge is 2.20. The molecule has 1 fully saturated rings. The predicted octanol–water partition coefficient (Wildman–Crippen LogP) is 5.59. The molecular weight excluding hydrogens is 402 g/mol. The molecule has 4 rings (SSSR count). The molecule has 0 atom stereocenters. The average molecular weight is 436 g/mol. The van der Waals surface area contributed by atoms with E-state index >= 15 is 0 Å². The van der Waals surface area contributed by atoms with Crippen LogP contribution in [0.25, 0.3) is 5.57 Å². The van der Waals surface area contributed by atoms with Crippen LogP contribution in [-0.4, -0.2) is 42.4 Å². The fourth-order valence-electron chi connectivity index (χ4n) is 4.75. The van der Waals surface area contributed by atoms with E-state index in [1.54, 1.807) is 0 Å². The third-order valence-corrected chi connectivity index (χ3v) is 6.54. The standard InChI is InChI=1S/C27H33NO4/c29-27(30)14-6-1-8-21-15-18-28(19-16-21)17-7-11-22-23-9-2-4-12-25(23)31-20-32-26-13-5-3-10-24(22)26/h2-5,9-13,21H,1,6-8,14-20H2,(H,29,30).